The summed E-state index contributed by atoms with van der Waals surface area (Å²) in [6, 6.07) is 7.29. The second-order valence-electron chi connectivity index (χ2n) is 5.23. The maximum Gasteiger partial charge on any atom is 0.341 e. The summed E-state index contributed by atoms with van der Waals surface area (Å²) in [7, 11) is -3.86. The van der Waals surface area contributed by atoms with Gasteiger partial charge in [0.25, 0.3) is 5.91 Å². The number of carbonyl (C=O) groups is 2. The highest BCUT2D eigenvalue weighted by atomic mass is 32.2. The quantitative estimate of drug-likeness (QED) is 0.763. The van der Waals surface area contributed by atoms with Crippen molar-refractivity contribution in [2.75, 3.05) is 5.32 Å². The van der Waals surface area contributed by atoms with Crippen molar-refractivity contribution in [3.05, 3.63) is 59.7 Å². The molecule has 0 saturated carbocycles. The normalized spacial score (nSPS) is 12.3. The van der Waals surface area contributed by atoms with Crippen LogP contribution in [0.5, 0.6) is 0 Å². The van der Waals surface area contributed by atoms with Gasteiger partial charge in [0, 0.05) is 11.8 Å². The van der Waals surface area contributed by atoms with E-state index in [4.69, 9.17) is 9.88 Å². The Labute approximate surface area is 147 Å². The monoisotopic (exact) mass is 384 g/mol. The number of sulfonamides is 1. The van der Waals surface area contributed by atoms with Crippen LogP contribution in [-0.2, 0) is 19.6 Å². The zero-order chi connectivity index (χ0) is 19.5. The van der Waals surface area contributed by atoms with Gasteiger partial charge >= 0.3 is 5.97 Å². The summed E-state index contributed by atoms with van der Waals surface area (Å²) < 4.78 is 53.5. The highest BCUT2D eigenvalue weighted by Gasteiger charge is 2.21. The van der Waals surface area contributed by atoms with Crippen LogP contribution in [-0.4, -0.2) is 26.4 Å². The standard InChI is InChI=1S/C16H14F2N2O5S/c1-9(25-16(22)13-7-2-10(17)8-14(13)18)15(21)20-11-3-5-12(6-4-11)26(19,23)24/h2-9H,1H3,(H,20,21)(H2,19,23,24)/t9-/m0/s1. The second kappa shape index (κ2) is 7.58. The molecule has 0 aliphatic heterocycles. The summed E-state index contributed by atoms with van der Waals surface area (Å²) in [5, 5.41) is 7.36. The first-order chi connectivity index (χ1) is 12.1. The third-order valence-corrected chi connectivity index (χ3v) is 4.18. The number of hydrogen-bond acceptors (Lipinski definition) is 5. The van der Waals surface area contributed by atoms with E-state index in [0.29, 0.717) is 6.07 Å². The number of halogens is 2. The maximum absolute atomic E-state index is 13.5. The van der Waals surface area contributed by atoms with Crippen molar-refractivity contribution in [2.45, 2.75) is 17.9 Å². The van der Waals surface area contributed by atoms with Crippen molar-refractivity contribution >= 4 is 27.6 Å². The SMILES string of the molecule is C[C@H](OC(=O)c1ccc(F)cc1F)C(=O)Nc1ccc(S(N)(=O)=O)cc1. The molecule has 0 radical (unpaired) electrons. The van der Waals surface area contributed by atoms with Crippen LogP contribution in [0.4, 0.5) is 14.5 Å². The smallest absolute Gasteiger partial charge is 0.341 e. The molecule has 0 heterocycles. The Morgan fingerprint density at radius 3 is 2.27 bits per heavy atom. The fourth-order valence-corrected chi connectivity index (χ4v) is 2.42. The molecule has 26 heavy (non-hydrogen) atoms. The highest BCUT2D eigenvalue weighted by molar-refractivity contribution is 7.89. The van der Waals surface area contributed by atoms with Gasteiger partial charge in [-0.3, -0.25) is 4.79 Å². The van der Waals surface area contributed by atoms with E-state index < -0.39 is 45.2 Å². The minimum Gasteiger partial charge on any atom is -0.449 e. The summed E-state index contributed by atoms with van der Waals surface area (Å²) in [4.78, 5) is 23.7. The van der Waals surface area contributed by atoms with Gasteiger partial charge < -0.3 is 10.1 Å². The number of primary sulfonamides is 1. The van der Waals surface area contributed by atoms with Crippen LogP contribution in [0.25, 0.3) is 0 Å². The first-order valence-corrected chi connectivity index (χ1v) is 8.72. The second-order valence-corrected chi connectivity index (χ2v) is 6.79. The Balaban J connectivity index is 2.02. The number of rotatable bonds is 5. The number of nitrogens with two attached hydrogens (primary N) is 1. The minimum absolute atomic E-state index is 0.137. The van der Waals surface area contributed by atoms with Gasteiger partial charge in [-0.2, -0.15) is 0 Å². The third kappa shape index (κ3) is 4.83. The zero-order valence-electron chi connectivity index (χ0n) is 13.4. The molecule has 0 fully saturated rings. The lowest BCUT2D eigenvalue weighted by Crippen LogP contribution is -2.30. The minimum atomic E-state index is -3.86. The fraction of sp³-hybridized carbons (Fsp3) is 0.125. The van der Waals surface area contributed by atoms with Crippen LogP contribution in [0.3, 0.4) is 0 Å². The summed E-state index contributed by atoms with van der Waals surface area (Å²) in [6.45, 7) is 1.26. The molecule has 1 amide bonds. The molecule has 2 aromatic rings. The number of amides is 1. The van der Waals surface area contributed by atoms with Crippen LogP contribution in [0.1, 0.15) is 17.3 Å². The topological polar surface area (TPSA) is 116 Å². The van der Waals surface area contributed by atoms with Gasteiger partial charge in [0.15, 0.2) is 6.10 Å². The molecule has 0 unspecified atom stereocenters. The maximum atomic E-state index is 13.5. The predicted octanol–water partition coefficient (Wildman–Crippen LogP) is 1.80. The molecule has 2 rings (SSSR count). The Kier molecular flexibility index (Phi) is 5.68. The van der Waals surface area contributed by atoms with Gasteiger partial charge in [0.2, 0.25) is 10.0 Å². The number of hydrogen-bond donors (Lipinski definition) is 2. The van der Waals surface area contributed by atoms with Crippen LogP contribution in [0.2, 0.25) is 0 Å². The van der Waals surface area contributed by atoms with E-state index in [0.717, 1.165) is 12.1 Å². The van der Waals surface area contributed by atoms with Gasteiger partial charge in [0.05, 0.1) is 10.5 Å². The molecule has 0 bridgehead atoms. The van der Waals surface area contributed by atoms with Crippen LogP contribution in [0, 0.1) is 11.6 Å². The number of esters is 1. The van der Waals surface area contributed by atoms with Gasteiger partial charge in [-0.1, -0.05) is 0 Å². The Morgan fingerprint density at radius 1 is 1.12 bits per heavy atom. The van der Waals surface area contributed by atoms with Crippen LogP contribution < -0.4 is 10.5 Å². The van der Waals surface area contributed by atoms with Gasteiger partial charge in [-0.25, -0.2) is 27.1 Å². The van der Waals surface area contributed by atoms with Crippen LogP contribution in [0.15, 0.2) is 47.4 Å². The number of carbonyl (C=O) groups excluding carboxylic acids is 2. The van der Waals surface area contributed by atoms with Gasteiger partial charge in [-0.15, -0.1) is 0 Å². The molecule has 2 aromatic carbocycles. The molecule has 138 valence electrons. The first kappa shape index (κ1) is 19.5. The van der Waals surface area contributed by atoms with E-state index in [1.165, 1.54) is 31.2 Å². The Morgan fingerprint density at radius 2 is 1.73 bits per heavy atom. The number of nitrogens with one attached hydrogen (secondary N) is 1. The molecule has 0 saturated heterocycles. The molecule has 0 aliphatic carbocycles. The molecule has 7 nitrogen and oxygen atoms in total. The molecule has 0 aromatic heterocycles. The van der Waals surface area contributed by atoms with Crippen molar-refractivity contribution in [2.24, 2.45) is 5.14 Å². The van der Waals surface area contributed by atoms with Crippen molar-refractivity contribution in [3.8, 4) is 0 Å². The van der Waals surface area contributed by atoms with Crippen molar-refractivity contribution in [3.63, 3.8) is 0 Å². The number of ether oxygens (including phenoxy) is 1. The lowest BCUT2D eigenvalue weighted by Gasteiger charge is -2.14. The Hall–Kier alpha value is -2.85. The van der Waals surface area contributed by atoms with Crippen molar-refractivity contribution < 1.29 is 31.5 Å². The molecule has 3 N–H and O–H groups in total. The predicted molar refractivity (Wildman–Crippen MR) is 87.7 cm³/mol. The molecule has 0 aliphatic rings. The van der Waals surface area contributed by atoms with Crippen molar-refractivity contribution in [1.29, 1.82) is 0 Å². The number of anilines is 1. The van der Waals surface area contributed by atoms with Crippen LogP contribution >= 0.6 is 0 Å². The summed E-state index contributed by atoms with van der Waals surface area (Å²) in [5.41, 5.74) is -0.276. The summed E-state index contributed by atoms with van der Waals surface area (Å²) in [6.07, 6.45) is -1.29. The molecule has 10 heteroatoms. The average Bonchev–Trinajstić information content (AvgIpc) is 2.54. The largest absolute Gasteiger partial charge is 0.449 e. The van der Waals surface area contributed by atoms with E-state index in [2.05, 4.69) is 5.32 Å². The number of benzene rings is 2. The van der Waals surface area contributed by atoms with Crippen molar-refractivity contribution in [1.82, 2.24) is 0 Å². The first-order valence-electron chi connectivity index (χ1n) is 7.17. The molecular formula is C16H14F2N2O5S. The lowest BCUT2D eigenvalue weighted by molar-refractivity contribution is -0.123. The van der Waals surface area contributed by atoms with E-state index in [1.807, 2.05) is 0 Å². The molecule has 0 spiro atoms. The fourth-order valence-electron chi connectivity index (χ4n) is 1.90. The van der Waals surface area contributed by atoms with E-state index in [1.54, 1.807) is 0 Å². The van der Waals surface area contributed by atoms with Gasteiger partial charge in [0.1, 0.15) is 11.6 Å². The third-order valence-electron chi connectivity index (χ3n) is 3.25. The summed E-state index contributed by atoms with van der Waals surface area (Å²) >= 11 is 0. The average molecular weight is 384 g/mol. The van der Waals surface area contributed by atoms with E-state index >= 15 is 0 Å². The lowest BCUT2D eigenvalue weighted by atomic mass is 10.2. The molecular weight excluding hydrogens is 370 g/mol. The highest BCUT2D eigenvalue weighted by Crippen LogP contribution is 2.15. The molecule has 1 atom stereocenters. The van der Waals surface area contributed by atoms with E-state index in [-0.39, 0.29) is 10.6 Å². The van der Waals surface area contributed by atoms with E-state index in [9.17, 15) is 26.8 Å². The Bertz CT molecular complexity index is 946. The summed E-state index contributed by atoms with van der Waals surface area (Å²) in [5.74, 6) is -3.83. The van der Waals surface area contributed by atoms with Gasteiger partial charge in [-0.05, 0) is 43.3 Å². The zero-order valence-corrected chi connectivity index (χ0v) is 14.2.